The lowest BCUT2D eigenvalue weighted by Crippen LogP contribution is -2.37. The fourth-order valence-electron chi connectivity index (χ4n) is 3.18. The average Bonchev–Trinajstić information content (AvgIpc) is 2.85. The van der Waals surface area contributed by atoms with Crippen molar-refractivity contribution in [1.82, 2.24) is 29.6 Å². The average molecular weight is 285 g/mol. The van der Waals surface area contributed by atoms with Crippen molar-refractivity contribution in [3.05, 3.63) is 29.2 Å². The van der Waals surface area contributed by atoms with Gasteiger partial charge in [0.05, 0.1) is 18.8 Å². The number of hydrogen-bond acceptors (Lipinski definition) is 6. The molecule has 21 heavy (non-hydrogen) atoms. The summed E-state index contributed by atoms with van der Waals surface area (Å²) in [7, 11) is 2.15. The summed E-state index contributed by atoms with van der Waals surface area (Å²) < 4.78 is 2.01. The summed E-state index contributed by atoms with van der Waals surface area (Å²) in [4.78, 5) is 18.2. The zero-order valence-corrected chi connectivity index (χ0v) is 12.5. The highest BCUT2D eigenvalue weighted by Crippen LogP contribution is 2.27. The predicted molar refractivity (Wildman–Crippen MR) is 77.9 cm³/mol. The maximum absolute atomic E-state index is 4.56. The molecule has 0 fully saturated rings. The molecule has 0 aliphatic carbocycles. The Morgan fingerprint density at radius 1 is 1.10 bits per heavy atom. The predicted octanol–water partition coefficient (Wildman–Crippen LogP) is 0.385. The molecule has 2 aliphatic heterocycles. The number of aryl methyl sites for hydroxylation is 1. The molecule has 2 aromatic rings. The van der Waals surface area contributed by atoms with Crippen LogP contribution in [0.5, 0.6) is 0 Å². The van der Waals surface area contributed by atoms with E-state index in [1.807, 2.05) is 11.6 Å². The van der Waals surface area contributed by atoms with Gasteiger partial charge in [-0.3, -0.25) is 0 Å². The van der Waals surface area contributed by atoms with Gasteiger partial charge in [0.15, 0.2) is 0 Å². The highest BCUT2D eigenvalue weighted by Gasteiger charge is 2.25. The number of hydrogen-bond donors (Lipinski definition) is 0. The maximum atomic E-state index is 4.56. The van der Waals surface area contributed by atoms with Crippen LogP contribution in [0.25, 0.3) is 0 Å². The molecule has 0 aromatic carbocycles. The number of fused-ring (bicyclic) bond motifs is 2. The highest BCUT2D eigenvalue weighted by molar-refractivity contribution is 5.49. The molecule has 4 heterocycles. The van der Waals surface area contributed by atoms with Crippen molar-refractivity contribution in [2.24, 2.45) is 0 Å². The van der Waals surface area contributed by atoms with Crippen LogP contribution >= 0.6 is 0 Å². The molecular weight excluding hydrogens is 266 g/mol. The standard InChI is InChI=1S/C14H19N7/c1-10-17-13-8-20(5-6-21(13)18-10)14-11-7-19(2)4-3-12(11)15-9-16-14/h9H,3-8H2,1-2H3. The van der Waals surface area contributed by atoms with Gasteiger partial charge in [0.2, 0.25) is 0 Å². The SMILES string of the molecule is Cc1nc2n(n1)CCN(c1ncnc3c1CN(C)CC3)C2. The van der Waals surface area contributed by atoms with Crippen LogP contribution in [0.3, 0.4) is 0 Å². The van der Waals surface area contributed by atoms with Crippen LogP contribution in [0.4, 0.5) is 5.82 Å². The van der Waals surface area contributed by atoms with E-state index in [1.54, 1.807) is 6.33 Å². The molecule has 0 saturated carbocycles. The summed E-state index contributed by atoms with van der Waals surface area (Å²) in [5, 5.41) is 4.42. The van der Waals surface area contributed by atoms with Gasteiger partial charge in [0.1, 0.15) is 23.8 Å². The van der Waals surface area contributed by atoms with E-state index in [-0.39, 0.29) is 0 Å². The van der Waals surface area contributed by atoms with E-state index >= 15 is 0 Å². The molecule has 0 saturated heterocycles. The van der Waals surface area contributed by atoms with Crippen molar-refractivity contribution < 1.29 is 0 Å². The van der Waals surface area contributed by atoms with Crippen molar-refractivity contribution >= 4 is 5.82 Å². The minimum Gasteiger partial charge on any atom is -0.347 e. The third-order valence-corrected chi connectivity index (χ3v) is 4.24. The zero-order valence-electron chi connectivity index (χ0n) is 12.5. The quantitative estimate of drug-likeness (QED) is 0.755. The Balaban J connectivity index is 1.69. The summed E-state index contributed by atoms with van der Waals surface area (Å²) in [6.45, 7) is 6.49. The Hall–Kier alpha value is -2.02. The van der Waals surface area contributed by atoms with Crippen LogP contribution in [-0.4, -0.2) is 49.8 Å². The number of nitrogens with zero attached hydrogens (tertiary/aromatic N) is 7. The zero-order chi connectivity index (χ0) is 14.4. The van der Waals surface area contributed by atoms with Crippen molar-refractivity contribution in [2.45, 2.75) is 33.0 Å². The third-order valence-electron chi connectivity index (χ3n) is 4.24. The molecule has 0 radical (unpaired) electrons. The van der Waals surface area contributed by atoms with Crippen molar-refractivity contribution in [1.29, 1.82) is 0 Å². The summed E-state index contributed by atoms with van der Waals surface area (Å²) in [6, 6.07) is 0. The molecule has 0 atom stereocenters. The topological polar surface area (TPSA) is 63.0 Å². The Bertz CT molecular complexity index is 678. The first-order chi connectivity index (χ1) is 10.2. The van der Waals surface area contributed by atoms with Gasteiger partial charge in [-0.1, -0.05) is 0 Å². The molecule has 2 aliphatic rings. The number of aromatic nitrogens is 5. The van der Waals surface area contributed by atoms with Crippen LogP contribution < -0.4 is 4.90 Å². The molecule has 7 heteroatoms. The fourth-order valence-corrected chi connectivity index (χ4v) is 3.18. The Labute approximate surface area is 123 Å². The molecule has 0 unspecified atom stereocenters. The van der Waals surface area contributed by atoms with E-state index in [9.17, 15) is 0 Å². The van der Waals surface area contributed by atoms with E-state index < -0.39 is 0 Å². The van der Waals surface area contributed by atoms with E-state index in [0.29, 0.717) is 0 Å². The van der Waals surface area contributed by atoms with E-state index in [2.05, 4.69) is 36.9 Å². The summed E-state index contributed by atoms with van der Waals surface area (Å²) in [6.07, 6.45) is 2.70. The van der Waals surface area contributed by atoms with Gasteiger partial charge in [-0.25, -0.2) is 19.6 Å². The van der Waals surface area contributed by atoms with Gasteiger partial charge in [0.25, 0.3) is 0 Å². The minimum absolute atomic E-state index is 0.772. The van der Waals surface area contributed by atoms with E-state index in [1.165, 1.54) is 11.3 Å². The normalized spacial score (nSPS) is 18.5. The molecule has 7 nitrogen and oxygen atoms in total. The lowest BCUT2D eigenvalue weighted by Gasteiger charge is -2.32. The largest absolute Gasteiger partial charge is 0.347 e. The highest BCUT2D eigenvalue weighted by atomic mass is 15.4. The third kappa shape index (κ3) is 2.17. The molecule has 110 valence electrons. The molecule has 0 amide bonds. The second-order valence-electron chi connectivity index (χ2n) is 5.83. The first-order valence-corrected chi connectivity index (χ1v) is 7.37. The fraction of sp³-hybridized carbons (Fsp3) is 0.571. The molecule has 0 bridgehead atoms. The van der Waals surface area contributed by atoms with Gasteiger partial charge in [-0.05, 0) is 14.0 Å². The lowest BCUT2D eigenvalue weighted by molar-refractivity contribution is 0.309. The van der Waals surface area contributed by atoms with E-state index in [4.69, 9.17) is 0 Å². The Morgan fingerprint density at radius 2 is 2.00 bits per heavy atom. The van der Waals surface area contributed by atoms with Crippen LogP contribution in [-0.2, 0) is 26.1 Å². The summed E-state index contributed by atoms with van der Waals surface area (Å²) in [5.41, 5.74) is 2.47. The number of anilines is 1. The van der Waals surface area contributed by atoms with Gasteiger partial charge < -0.3 is 9.80 Å². The summed E-state index contributed by atoms with van der Waals surface area (Å²) in [5.74, 6) is 2.94. The van der Waals surface area contributed by atoms with Crippen LogP contribution in [0, 0.1) is 6.92 Å². The van der Waals surface area contributed by atoms with Crippen molar-refractivity contribution in [3.63, 3.8) is 0 Å². The molecule has 2 aromatic heterocycles. The van der Waals surface area contributed by atoms with Crippen LogP contribution in [0.2, 0.25) is 0 Å². The monoisotopic (exact) mass is 285 g/mol. The van der Waals surface area contributed by atoms with Gasteiger partial charge in [-0.15, -0.1) is 0 Å². The van der Waals surface area contributed by atoms with Crippen molar-refractivity contribution in [2.75, 3.05) is 25.0 Å². The Kier molecular flexibility index (Phi) is 2.88. The number of likely N-dealkylation sites (N-methyl/N-ethyl adjacent to an activating group) is 1. The van der Waals surface area contributed by atoms with Crippen LogP contribution in [0.15, 0.2) is 6.33 Å². The first-order valence-electron chi connectivity index (χ1n) is 7.37. The molecule has 0 N–H and O–H groups in total. The second kappa shape index (κ2) is 4.77. The first kappa shape index (κ1) is 12.7. The Morgan fingerprint density at radius 3 is 2.90 bits per heavy atom. The number of rotatable bonds is 1. The summed E-state index contributed by atoms with van der Waals surface area (Å²) >= 11 is 0. The molecule has 0 spiro atoms. The maximum Gasteiger partial charge on any atom is 0.147 e. The van der Waals surface area contributed by atoms with Gasteiger partial charge in [-0.2, -0.15) is 5.10 Å². The van der Waals surface area contributed by atoms with E-state index in [0.717, 1.165) is 56.6 Å². The van der Waals surface area contributed by atoms with Crippen molar-refractivity contribution in [3.8, 4) is 0 Å². The molecule has 4 rings (SSSR count). The lowest BCUT2D eigenvalue weighted by atomic mass is 10.1. The smallest absolute Gasteiger partial charge is 0.147 e. The van der Waals surface area contributed by atoms with Gasteiger partial charge in [0, 0.05) is 31.6 Å². The molecular formula is C14H19N7. The minimum atomic E-state index is 0.772. The van der Waals surface area contributed by atoms with Crippen LogP contribution in [0.1, 0.15) is 22.9 Å². The second-order valence-corrected chi connectivity index (χ2v) is 5.83. The van der Waals surface area contributed by atoms with Gasteiger partial charge >= 0.3 is 0 Å².